The van der Waals surface area contributed by atoms with Gasteiger partial charge in [-0.1, -0.05) is 44.2 Å². The lowest BCUT2D eigenvalue weighted by Crippen LogP contribution is -2.51. The van der Waals surface area contributed by atoms with Crippen molar-refractivity contribution in [2.75, 3.05) is 6.54 Å². The van der Waals surface area contributed by atoms with Gasteiger partial charge in [0.2, 0.25) is 5.91 Å². The lowest BCUT2D eigenvalue weighted by molar-refractivity contribution is -0.308. The van der Waals surface area contributed by atoms with Gasteiger partial charge in [0, 0.05) is 0 Å². The van der Waals surface area contributed by atoms with Crippen molar-refractivity contribution in [1.29, 1.82) is 0 Å². The van der Waals surface area contributed by atoms with Crippen LogP contribution in [0.4, 0.5) is 4.79 Å². The lowest BCUT2D eigenvalue weighted by atomic mass is 10.0. The molecule has 7 nitrogen and oxygen atoms in total. The van der Waals surface area contributed by atoms with Gasteiger partial charge >= 0.3 is 6.09 Å². The Hall–Kier alpha value is -2.57. The molecule has 0 saturated carbocycles. The molecule has 1 atom stereocenters. The van der Waals surface area contributed by atoms with Crippen LogP contribution in [-0.4, -0.2) is 30.6 Å². The molecule has 0 unspecified atom stereocenters. The zero-order chi connectivity index (χ0) is 17.2. The lowest BCUT2D eigenvalue weighted by Gasteiger charge is -2.21. The van der Waals surface area contributed by atoms with Crippen molar-refractivity contribution in [2.45, 2.75) is 32.9 Å². The van der Waals surface area contributed by atoms with Crippen LogP contribution in [0, 0.1) is 5.92 Å². The Morgan fingerprint density at radius 2 is 1.83 bits per heavy atom. The number of carbonyl (C=O) groups excluding carboxylic acids is 3. The summed E-state index contributed by atoms with van der Waals surface area (Å²) in [4.78, 5) is 34.1. The second kappa shape index (κ2) is 9.45. The number of carboxylic acid groups (broad SMARTS) is 1. The molecule has 0 fully saturated rings. The van der Waals surface area contributed by atoms with Crippen LogP contribution in [0.2, 0.25) is 0 Å². The van der Waals surface area contributed by atoms with Gasteiger partial charge in [0.25, 0.3) is 0 Å². The van der Waals surface area contributed by atoms with Gasteiger partial charge in [-0.2, -0.15) is 0 Å². The number of ether oxygens (including phenoxy) is 1. The first-order valence-corrected chi connectivity index (χ1v) is 7.33. The first kappa shape index (κ1) is 18.5. The van der Waals surface area contributed by atoms with E-state index in [4.69, 9.17) is 4.74 Å². The van der Waals surface area contributed by atoms with Crippen molar-refractivity contribution in [2.24, 2.45) is 5.92 Å². The molecule has 0 aliphatic heterocycles. The summed E-state index contributed by atoms with van der Waals surface area (Å²) >= 11 is 0. The summed E-state index contributed by atoms with van der Waals surface area (Å²) in [5.41, 5.74) is 0.820. The number of hydrogen-bond donors (Lipinski definition) is 2. The number of amides is 2. The summed E-state index contributed by atoms with van der Waals surface area (Å²) in [7, 11) is 0. The minimum atomic E-state index is -1.35. The van der Waals surface area contributed by atoms with E-state index in [9.17, 15) is 19.5 Å². The zero-order valence-electron chi connectivity index (χ0n) is 13.2. The molecule has 0 radical (unpaired) electrons. The molecule has 0 aromatic heterocycles. The average Bonchev–Trinajstić information content (AvgIpc) is 2.50. The molecule has 0 saturated heterocycles. The number of alkyl carbamates (subject to hydrolysis) is 1. The van der Waals surface area contributed by atoms with Crippen LogP contribution in [-0.2, 0) is 20.9 Å². The maximum absolute atomic E-state index is 11.6. The Morgan fingerprint density at radius 1 is 1.17 bits per heavy atom. The van der Waals surface area contributed by atoms with Crippen molar-refractivity contribution < 1.29 is 24.2 Å². The van der Waals surface area contributed by atoms with E-state index in [0.29, 0.717) is 0 Å². The summed E-state index contributed by atoms with van der Waals surface area (Å²) in [5.74, 6) is -1.88. The van der Waals surface area contributed by atoms with Crippen LogP contribution < -0.4 is 15.7 Å². The monoisotopic (exact) mass is 321 g/mol. The number of benzene rings is 1. The van der Waals surface area contributed by atoms with Crippen LogP contribution in [0.3, 0.4) is 0 Å². The summed E-state index contributed by atoms with van der Waals surface area (Å²) in [6, 6.07) is 8.01. The molecule has 1 aromatic rings. The van der Waals surface area contributed by atoms with Crippen LogP contribution in [0.25, 0.3) is 0 Å². The molecule has 2 N–H and O–H groups in total. The number of carboxylic acids is 1. The second-order valence-electron chi connectivity index (χ2n) is 5.48. The maximum Gasteiger partial charge on any atom is 0.407 e. The van der Waals surface area contributed by atoms with Crippen molar-refractivity contribution in [3.05, 3.63) is 35.9 Å². The van der Waals surface area contributed by atoms with Gasteiger partial charge in [0.15, 0.2) is 0 Å². The highest BCUT2D eigenvalue weighted by Crippen LogP contribution is 2.04. The molecule has 23 heavy (non-hydrogen) atoms. The van der Waals surface area contributed by atoms with E-state index < -0.39 is 24.0 Å². The van der Waals surface area contributed by atoms with E-state index >= 15 is 0 Å². The summed E-state index contributed by atoms with van der Waals surface area (Å²) in [5, 5.41) is 15.5. The normalized spacial score (nSPS) is 11.6. The molecule has 1 rings (SSSR count). The Bertz CT molecular complexity index is 531. The molecule has 0 bridgehead atoms. The topological polar surface area (TPSA) is 108 Å². The van der Waals surface area contributed by atoms with Crippen molar-refractivity contribution >= 4 is 18.0 Å². The second-order valence-corrected chi connectivity index (χ2v) is 5.48. The van der Waals surface area contributed by atoms with Gasteiger partial charge in [-0.15, -0.1) is 0 Å². The van der Waals surface area contributed by atoms with Gasteiger partial charge in [-0.3, -0.25) is 4.79 Å². The van der Waals surface area contributed by atoms with Crippen molar-refractivity contribution in [3.63, 3.8) is 0 Å². The minimum absolute atomic E-state index is 0.0852. The largest absolute Gasteiger partial charge is 0.548 e. The molecule has 0 spiro atoms. The SMILES string of the molecule is CC(C)C[C@H](NC(=O)CNC(=O)OCc1ccccc1)C(=O)[O-]. The van der Waals surface area contributed by atoms with E-state index in [1.54, 1.807) is 12.1 Å². The Labute approximate surface area is 135 Å². The third kappa shape index (κ3) is 7.85. The fourth-order valence-corrected chi connectivity index (χ4v) is 1.86. The minimum Gasteiger partial charge on any atom is -0.548 e. The third-order valence-corrected chi connectivity index (χ3v) is 2.93. The molecule has 126 valence electrons. The number of rotatable bonds is 8. The number of nitrogens with one attached hydrogen (secondary N) is 2. The van der Waals surface area contributed by atoms with Crippen molar-refractivity contribution in [1.82, 2.24) is 10.6 Å². The third-order valence-electron chi connectivity index (χ3n) is 2.93. The van der Waals surface area contributed by atoms with Crippen molar-refractivity contribution in [3.8, 4) is 0 Å². The van der Waals surface area contributed by atoms with Gasteiger partial charge in [0.05, 0.1) is 12.0 Å². The highest BCUT2D eigenvalue weighted by atomic mass is 16.5. The molecule has 0 heterocycles. The maximum atomic E-state index is 11.6. The summed E-state index contributed by atoms with van der Waals surface area (Å²) < 4.78 is 4.94. The molecule has 2 amide bonds. The van der Waals surface area contributed by atoms with Gasteiger partial charge in [0.1, 0.15) is 13.2 Å². The Kier molecular flexibility index (Phi) is 7.59. The van der Waals surface area contributed by atoms with E-state index in [1.807, 2.05) is 32.0 Å². The Morgan fingerprint density at radius 3 is 2.39 bits per heavy atom. The molecule has 0 aliphatic carbocycles. The average molecular weight is 321 g/mol. The number of aliphatic carboxylic acids is 1. The molecule has 0 aliphatic rings. The first-order chi connectivity index (χ1) is 10.9. The molecule has 7 heteroatoms. The van der Waals surface area contributed by atoms with E-state index in [2.05, 4.69) is 10.6 Å². The predicted octanol–water partition coefficient (Wildman–Crippen LogP) is 0.194. The highest BCUT2D eigenvalue weighted by Gasteiger charge is 2.15. The molecular formula is C16H21N2O5-. The molecular weight excluding hydrogens is 300 g/mol. The van der Waals surface area contributed by atoms with Gasteiger partial charge < -0.3 is 25.3 Å². The highest BCUT2D eigenvalue weighted by molar-refractivity contribution is 5.86. The predicted molar refractivity (Wildman–Crippen MR) is 81.0 cm³/mol. The van der Waals surface area contributed by atoms with Gasteiger partial charge in [-0.25, -0.2) is 4.79 Å². The van der Waals surface area contributed by atoms with E-state index in [-0.39, 0.29) is 25.5 Å². The quantitative estimate of drug-likeness (QED) is 0.711. The van der Waals surface area contributed by atoms with E-state index in [0.717, 1.165) is 5.56 Å². The van der Waals surface area contributed by atoms with E-state index in [1.165, 1.54) is 0 Å². The fraction of sp³-hybridized carbons (Fsp3) is 0.438. The number of hydrogen-bond acceptors (Lipinski definition) is 5. The standard InChI is InChI=1S/C16H22N2O5/c1-11(2)8-13(15(20)21)18-14(19)9-17-16(22)23-10-12-6-4-3-5-7-12/h3-7,11,13H,8-10H2,1-2H3,(H,17,22)(H,18,19)(H,20,21)/p-1/t13-/m0/s1. The zero-order valence-corrected chi connectivity index (χ0v) is 13.2. The van der Waals surface area contributed by atoms with Crippen LogP contribution in [0.5, 0.6) is 0 Å². The van der Waals surface area contributed by atoms with Crippen LogP contribution in [0.15, 0.2) is 30.3 Å². The number of carbonyl (C=O) groups is 3. The van der Waals surface area contributed by atoms with Gasteiger partial charge in [-0.05, 0) is 17.9 Å². The van der Waals surface area contributed by atoms with Crippen LogP contribution >= 0.6 is 0 Å². The molecule has 1 aromatic carbocycles. The Balaban J connectivity index is 2.31. The smallest absolute Gasteiger partial charge is 0.407 e. The van der Waals surface area contributed by atoms with Crippen LogP contribution in [0.1, 0.15) is 25.8 Å². The fourth-order valence-electron chi connectivity index (χ4n) is 1.86. The first-order valence-electron chi connectivity index (χ1n) is 7.33. The summed E-state index contributed by atoms with van der Waals surface area (Å²) in [6.45, 7) is 3.39. The summed E-state index contributed by atoms with van der Waals surface area (Å²) in [6.07, 6.45) is -0.496.